The van der Waals surface area contributed by atoms with Crippen LogP contribution in [0, 0.1) is 0 Å². The Morgan fingerprint density at radius 1 is 1.03 bits per heavy atom. The normalized spacial score (nSPS) is 16.6. The summed E-state index contributed by atoms with van der Waals surface area (Å²) in [4.78, 5) is 4.42. The van der Waals surface area contributed by atoms with Crippen molar-refractivity contribution in [1.82, 2.24) is 4.90 Å². The molecule has 1 atom stereocenters. The van der Waals surface area contributed by atoms with Crippen LogP contribution in [0.25, 0.3) is 0 Å². The van der Waals surface area contributed by atoms with Crippen LogP contribution in [0.3, 0.4) is 0 Å². The van der Waals surface area contributed by atoms with E-state index in [-0.39, 0.29) is 11.1 Å². The second kappa shape index (κ2) is 9.48. The Bertz CT molecular complexity index is 864. The van der Waals surface area contributed by atoms with Crippen LogP contribution in [-0.4, -0.2) is 38.2 Å². The molecule has 3 nitrogen and oxygen atoms in total. The average molecular weight is 441 g/mol. The van der Waals surface area contributed by atoms with Crippen LogP contribution in [0.2, 0.25) is 5.02 Å². The van der Waals surface area contributed by atoms with Crippen molar-refractivity contribution in [3.63, 3.8) is 0 Å². The molecule has 0 amide bonds. The Morgan fingerprint density at radius 3 is 2.30 bits per heavy atom. The summed E-state index contributed by atoms with van der Waals surface area (Å²) in [7, 11) is 1.69. The van der Waals surface area contributed by atoms with Crippen LogP contribution in [0.1, 0.15) is 43.0 Å². The molecule has 1 saturated heterocycles. The lowest BCUT2D eigenvalue weighted by molar-refractivity contribution is -0.137. The lowest BCUT2D eigenvalue weighted by atomic mass is 9.98. The highest BCUT2D eigenvalue weighted by Gasteiger charge is 2.34. The maximum absolute atomic E-state index is 13.2. The molecule has 1 heterocycles. The number of halogens is 4. The molecule has 0 saturated carbocycles. The molecule has 7 heteroatoms. The fourth-order valence-corrected chi connectivity index (χ4v) is 4.43. The van der Waals surface area contributed by atoms with Crippen molar-refractivity contribution in [3.05, 3.63) is 58.1 Å². The average Bonchev–Trinajstić information content (AvgIpc) is 2.74. The molecule has 1 aliphatic rings. The third kappa shape index (κ3) is 4.86. The first kappa shape index (κ1) is 22.8. The summed E-state index contributed by atoms with van der Waals surface area (Å²) in [6.45, 7) is 7.20. The van der Waals surface area contributed by atoms with Gasteiger partial charge in [-0.3, -0.25) is 4.90 Å². The molecule has 30 heavy (non-hydrogen) atoms. The van der Waals surface area contributed by atoms with E-state index in [1.165, 1.54) is 17.2 Å². The second-order valence-electron chi connectivity index (χ2n) is 7.53. The van der Waals surface area contributed by atoms with E-state index in [1.807, 2.05) is 11.0 Å². The van der Waals surface area contributed by atoms with Gasteiger partial charge in [-0.05, 0) is 48.2 Å². The number of nitrogens with zero attached hydrogens (tertiary/aromatic N) is 2. The van der Waals surface area contributed by atoms with E-state index < -0.39 is 11.7 Å². The van der Waals surface area contributed by atoms with Gasteiger partial charge in [0.25, 0.3) is 0 Å². The van der Waals surface area contributed by atoms with Crippen LogP contribution >= 0.6 is 11.6 Å². The predicted octanol–water partition coefficient (Wildman–Crippen LogP) is 6.20. The molecule has 0 radical (unpaired) electrons. The fourth-order valence-electron chi connectivity index (χ4n) is 4.21. The van der Waals surface area contributed by atoms with Crippen molar-refractivity contribution in [3.8, 4) is 5.75 Å². The molecule has 1 unspecified atom stereocenters. The number of hydrogen-bond acceptors (Lipinski definition) is 3. The molecule has 2 aromatic carbocycles. The molecule has 0 spiro atoms. The molecule has 164 valence electrons. The van der Waals surface area contributed by atoms with Gasteiger partial charge < -0.3 is 9.64 Å². The minimum absolute atomic E-state index is 0.262. The minimum Gasteiger partial charge on any atom is -0.496 e. The van der Waals surface area contributed by atoms with Gasteiger partial charge in [-0.2, -0.15) is 13.2 Å². The number of methoxy groups -OCH3 is 1. The molecule has 0 bridgehead atoms. The molecule has 0 aliphatic carbocycles. The van der Waals surface area contributed by atoms with Crippen LogP contribution in [0.5, 0.6) is 5.75 Å². The third-order valence-electron chi connectivity index (χ3n) is 5.83. The number of hydrogen-bond donors (Lipinski definition) is 0. The smallest absolute Gasteiger partial charge is 0.417 e. The number of benzene rings is 2. The number of rotatable bonds is 6. The predicted molar refractivity (Wildman–Crippen MR) is 116 cm³/mol. The summed E-state index contributed by atoms with van der Waals surface area (Å²) in [5.74, 6) is 0.907. The summed E-state index contributed by atoms with van der Waals surface area (Å²) in [5, 5.41) is -0.262. The first-order chi connectivity index (χ1) is 14.3. The molecule has 2 aromatic rings. The van der Waals surface area contributed by atoms with Crippen molar-refractivity contribution in [2.45, 2.75) is 38.9 Å². The van der Waals surface area contributed by atoms with Crippen LogP contribution in [0.4, 0.5) is 18.9 Å². The van der Waals surface area contributed by atoms with Gasteiger partial charge in [0.15, 0.2) is 0 Å². The van der Waals surface area contributed by atoms with Crippen LogP contribution in [0.15, 0.2) is 36.4 Å². The molecule has 1 fully saturated rings. The highest BCUT2D eigenvalue weighted by molar-refractivity contribution is 6.31. The maximum atomic E-state index is 13.2. The largest absolute Gasteiger partial charge is 0.496 e. The van der Waals surface area contributed by atoms with Crippen molar-refractivity contribution < 1.29 is 17.9 Å². The van der Waals surface area contributed by atoms with Gasteiger partial charge in [0.05, 0.1) is 17.7 Å². The van der Waals surface area contributed by atoms with E-state index in [0.29, 0.717) is 18.8 Å². The summed E-state index contributed by atoms with van der Waals surface area (Å²) >= 11 is 5.76. The van der Waals surface area contributed by atoms with Crippen molar-refractivity contribution >= 4 is 17.3 Å². The SMILES string of the molecule is CCc1cc(C(CC)N2CCN(c3ccc(Cl)c(C(F)(F)F)c3)CC2)ccc1OC. The number of piperazine rings is 1. The Kier molecular flexibility index (Phi) is 7.19. The van der Waals surface area contributed by atoms with E-state index in [0.717, 1.165) is 37.7 Å². The van der Waals surface area contributed by atoms with Crippen molar-refractivity contribution in [1.29, 1.82) is 0 Å². The van der Waals surface area contributed by atoms with Gasteiger partial charge in [-0.25, -0.2) is 0 Å². The fraction of sp³-hybridized carbons (Fsp3) is 0.478. The van der Waals surface area contributed by atoms with Gasteiger partial charge in [0.1, 0.15) is 5.75 Å². The zero-order valence-electron chi connectivity index (χ0n) is 17.6. The molecule has 0 N–H and O–H groups in total. The quantitative estimate of drug-likeness (QED) is 0.531. The monoisotopic (exact) mass is 440 g/mol. The lowest BCUT2D eigenvalue weighted by Crippen LogP contribution is -2.47. The van der Waals surface area contributed by atoms with E-state index >= 15 is 0 Å². The third-order valence-corrected chi connectivity index (χ3v) is 6.16. The zero-order valence-corrected chi connectivity index (χ0v) is 18.4. The van der Waals surface area contributed by atoms with Crippen LogP contribution < -0.4 is 9.64 Å². The van der Waals surface area contributed by atoms with E-state index in [1.54, 1.807) is 13.2 Å². The number of ether oxygens (including phenoxy) is 1. The first-order valence-electron chi connectivity index (χ1n) is 10.3. The lowest BCUT2D eigenvalue weighted by Gasteiger charge is -2.40. The molecule has 3 rings (SSSR count). The van der Waals surface area contributed by atoms with Gasteiger partial charge in [0, 0.05) is 37.9 Å². The van der Waals surface area contributed by atoms with Crippen molar-refractivity contribution in [2.75, 3.05) is 38.2 Å². The maximum Gasteiger partial charge on any atom is 0.417 e. The Labute approximate surface area is 181 Å². The van der Waals surface area contributed by atoms with E-state index in [2.05, 4.69) is 30.9 Å². The van der Waals surface area contributed by atoms with Gasteiger partial charge in [0.2, 0.25) is 0 Å². The highest BCUT2D eigenvalue weighted by Crippen LogP contribution is 2.37. The van der Waals surface area contributed by atoms with Gasteiger partial charge in [-0.1, -0.05) is 37.6 Å². The van der Waals surface area contributed by atoms with Gasteiger partial charge >= 0.3 is 6.18 Å². The van der Waals surface area contributed by atoms with E-state index in [9.17, 15) is 13.2 Å². The highest BCUT2D eigenvalue weighted by atomic mass is 35.5. The molecular weight excluding hydrogens is 413 g/mol. The standard InChI is InChI=1S/C23H28ClF3N2O/c1-4-16-14-17(6-9-22(16)30-3)21(5-2)29-12-10-28(11-13-29)18-7-8-20(24)19(15-18)23(25,26)27/h6-9,14-15,21H,4-5,10-13H2,1-3H3. The second-order valence-corrected chi connectivity index (χ2v) is 7.94. The van der Waals surface area contributed by atoms with E-state index in [4.69, 9.17) is 16.3 Å². The summed E-state index contributed by atoms with van der Waals surface area (Å²) in [6, 6.07) is 10.8. The number of alkyl halides is 3. The summed E-state index contributed by atoms with van der Waals surface area (Å²) < 4.78 is 45.0. The Morgan fingerprint density at radius 2 is 1.73 bits per heavy atom. The first-order valence-corrected chi connectivity index (χ1v) is 10.7. The Balaban J connectivity index is 1.73. The zero-order chi connectivity index (χ0) is 21.9. The summed E-state index contributed by atoms with van der Waals surface area (Å²) in [6.07, 6.45) is -2.58. The summed E-state index contributed by atoms with van der Waals surface area (Å²) in [5.41, 5.74) is 2.24. The molecule has 0 aromatic heterocycles. The number of aryl methyl sites for hydroxylation is 1. The molecule has 1 aliphatic heterocycles. The van der Waals surface area contributed by atoms with Crippen LogP contribution in [-0.2, 0) is 12.6 Å². The number of anilines is 1. The van der Waals surface area contributed by atoms with Gasteiger partial charge in [-0.15, -0.1) is 0 Å². The Hall–Kier alpha value is -1.92. The molecular formula is C23H28ClF3N2O. The van der Waals surface area contributed by atoms with Crippen molar-refractivity contribution in [2.24, 2.45) is 0 Å². The topological polar surface area (TPSA) is 15.7 Å². The minimum atomic E-state index is -4.45.